The lowest BCUT2D eigenvalue weighted by molar-refractivity contribution is -0.0746. The minimum atomic E-state index is 0.724. The fraction of sp³-hybridized carbons (Fsp3) is 1.00. The largest absolute Gasteiger partial charge is 0.303 e. The van der Waals surface area contributed by atoms with Crippen molar-refractivity contribution in [3.05, 3.63) is 0 Å². The molecule has 0 bridgehead atoms. The van der Waals surface area contributed by atoms with Gasteiger partial charge in [-0.05, 0) is 51.1 Å². The zero-order chi connectivity index (χ0) is 9.47. The molecule has 0 aromatic rings. The van der Waals surface area contributed by atoms with Gasteiger partial charge in [0.15, 0.2) is 0 Å². The van der Waals surface area contributed by atoms with Gasteiger partial charge < -0.3 is 4.90 Å². The third-order valence-corrected chi connectivity index (χ3v) is 4.91. The lowest BCUT2D eigenvalue weighted by atomic mass is 9.54. The van der Waals surface area contributed by atoms with Gasteiger partial charge in [-0.2, -0.15) is 0 Å². The average Bonchev–Trinajstić information content (AvgIpc) is 2.06. The summed E-state index contributed by atoms with van der Waals surface area (Å²) in [6, 6.07) is 0.833. The summed E-state index contributed by atoms with van der Waals surface area (Å²) in [5.41, 5.74) is 0.724. The minimum absolute atomic E-state index is 0.724. The van der Waals surface area contributed by atoms with Crippen LogP contribution in [0.3, 0.4) is 0 Å². The van der Waals surface area contributed by atoms with Crippen molar-refractivity contribution < 1.29 is 0 Å². The Balaban J connectivity index is 2.15. The molecule has 0 aromatic carbocycles. The first kappa shape index (κ1) is 9.51. The lowest BCUT2D eigenvalue weighted by Gasteiger charge is -2.58. The molecule has 1 saturated heterocycles. The second-order valence-electron chi connectivity index (χ2n) is 5.14. The fourth-order valence-corrected chi connectivity index (χ4v) is 3.64. The van der Waals surface area contributed by atoms with Crippen molar-refractivity contribution in [1.82, 2.24) is 4.90 Å². The van der Waals surface area contributed by atoms with Crippen LogP contribution in [0.2, 0.25) is 0 Å². The van der Waals surface area contributed by atoms with Crippen LogP contribution < -0.4 is 0 Å². The summed E-state index contributed by atoms with van der Waals surface area (Å²) >= 11 is 0. The van der Waals surface area contributed by atoms with Gasteiger partial charge in [-0.15, -0.1) is 0 Å². The second-order valence-corrected chi connectivity index (χ2v) is 5.14. The van der Waals surface area contributed by atoms with Gasteiger partial charge in [0.05, 0.1) is 0 Å². The van der Waals surface area contributed by atoms with Crippen LogP contribution in [0.25, 0.3) is 0 Å². The van der Waals surface area contributed by atoms with Crippen LogP contribution >= 0.6 is 0 Å². The van der Waals surface area contributed by atoms with Gasteiger partial charge in [0.25, 0.3) is 0 Å². The van der Waals surface area contributed by atoms with Crippen LogP contribution in [0.1, 0.15) is 46.0 Å². The number of hydrogen-bond acceptors (Lipinski definition) is 1. The van der Waals surface area contributed by atoms with Gasteiger partial charge >= 0.3 is 0 Å². The minimum Gasteiger partial charge on any atom is -0.303 e. The van der Waals surface area contributed by atoms with Crippen LogP contribution in [0, 0.1) is 11.3 Å². The van der Waals surface area contributed by atoms with Crippen molar-refractivity contribution in [3.8, 4) is 0 Å². The molecule has 2 aliphatic rings. The summed E-state index contributed by atoms with van der Waals surface area (Å²) in [5, 5.41) is 0. The molecule has 1 aliphatic carbocycles. The zero-order valence-corrected chi connectivity index (χ0v) is 9.34. The summed E-state index contributed by atoms with van der Waals surface area (Å²) in [7, 11) is 2.30. The van der Waals surface area contributed by atoms with Crippen molar-refractivity contribution in [2.45, 2.75) is 52.0 Å². The van der Waals surface area contributed by atoms with Crippen LogP contribution in [-0.4, -0.2) is 24.5 Å². The molecule has 1 aliphatic heterocycles. The average molecular weight is 181 g/mol. The van der Waals surface area contributed by atoms with Gasteiger partial charge in [-0.1, -0.05) is 19.8 Å². The van der Waals surface area contributed by atoms with Gasteiger partial charge in [-0.25, -0.2) is 0 Å². The van der Waals surface area contributed by atoms with Crippen molar-refractivity contribution in [2.75, 3.05) is 13.6 Å². The molecule has 0 N–H and O–H groups in total. The van der Waals surface area contributed by atoms with Crippen LogP contribution in [0.4, 0.5) is 0 Å². The highest BCUT2D eigenvalue weighted by Gasteiger charge is 2.50. The van der Waals surface area contributed by atoms with E-state index in [1.54, 1.807) is 0 Å². The summed E-state index contributed by atoms with van der Waals surface area (Å²) in [5.74, 6) is 1.02. The normalized spacial score (nSPS) is 39.0. The third kappa shape index (κ3) is 1.24. The molecule has 2 unspecified atom stereocenters. The quantitative estimate of drug-likeness (QED) is 0.601. The predicted molar refractivity (Wildman–Crippen MR) is 56.8 cm³/mol. The molecule has 1 heterocycles. The molecule has 76 valence electrons. The van der Waals surface area contributed by atoms with Crippen molar-refractivity contribution >= 4 is 0 Å². The first-order valence-electron chi connectivity index (χ1n) is 5.91. The molecule has 2 rings (SSSR count). The Kier molecular flexibility index (Phi) is 2.39. The van der Waals surface area contributed by atoms with Gasteiger partial charge in [-0.3, -0.25) is 0 Å². The Hall–Kier alpha value is -0.0400. The first-order chi connectivity index (χ1) is 6.20. The smallest absolute Gasteiger partial charge is 0.0123 e. The summed E-state index contributed by atoms with van der Waals surface area (Å²) in [4.78, 5) is 2.57. The Morgan fingerprint density at radius 3 is 2.54 bits per heavy atom. The topological polar surface area (TPSA) is 3.24 Å². The number of nitrogens with zero attached hydrogens (tertiary/aromatic N) is 1. The Morgan fingerprint density at radius 1 is 1.38 bits per heavy atom. The highest BCUT2D eigenvalue weighted by atomic mass is 15.1. The van der Waals surface area contributed by atoms with E-state index in [4.69, 9.17) is 0 Å². The lowest BCUT2D eigenvalue weighted by Crippen LogP contribution is -2.57. The molecule has 0 aromatic heterocycles. The van der Waals surface area contributed by atoms with Gasteiger partial charge in [0, 0.05) is 6.04 Å². The fourth-order valence-electron chi connectivity index (χ4n) is 3.64. The summed E-state index contributed by atoms with van der Waals surface area (Å²) in [6.45, 7) is 6.14. The van der Waals surface area contributed by atoms with Crippen LogP contribution in [-0.2, 0) is 0 Å². The third-order valence-electron chi connectivity index (χ3n) is 4.91. The van der Waals surface area contributed by atoms with Crippen molar-refractivity contribution in [1.29, 1.82) is 0 Å². The Bertz CT molecular complexity index is 180. The maximum atomic E-state index is 2.57. The van der Waals surface area contributed by atoms with Crippen LogP contribution in [0.15, 0.2) is 0 Å². The number of piperidine rings is 1. The van der Waals surface area contributed by atoms with E-state index < -0.39 is 0 Å². The molecule has 0 radical (unpaired) electrons. The van der Waals surface area contributed by atoms with E-state index in [0.29, 0.717) is 0 Å². The number of hydrogen-bond donors (Lipinski definition) is 0. The maximum absolute atomic E-state index is 2.57. The Morgan fingerprint density at radius 2 is 2.08 bits per heavy atom. The second kappa shape index (κ2) is 3.27. The highest BCUT2D eigenvalue weighted by molar-refractivity contribution is 5.02. The number of rotatable bonds is 1. The van der Waals surface area contributed by atoms with E-state index in [0.717, 1.165) is 17.4 Å². The molecule has 1 nitrogen and oxygen atoms in total. The van der Waals surface area contributed by atoms with Crippen LogP contribution in [0.5, 0.6) is 0 Å². The molecule has 1 saturated carbocycles. The SMILES string of the molecule is CCC1CCN(C)C(C)C12CCC2. The Labute approximate surface area is 82.5 Å². The van der Waals surface area contributed by atoms with E-state index in [1.807, 2.05) is 0 Å². The van der Waals surface area contributed by atoms with E-state index in [1.165, 1.54) is 38.6 Å². The van der Waals surface area contributed by atoms with E-state index >= 15 is 0 Å². The molecule has 13 heavy (non-hydrogen) atoms. The summed E-state index contributed by atoms with van der Waals surface area (Å²) < 4.78 is 0. The predicted octanol–water partition coefficient (Wildman–Crippen LogP) is 2.91. The molecule has 1 spiro atoms. The first-order valence-corrected chi connectivity index (χ1v) is 5.91. The molecule has 1 heteroatoms. The molecule has 2 fully saturated rings. The van der Waals surface area contributed by atoms with Crippen molar-refractivity contribution in [3.63, 3.8) is 0 Å². The molecular formula is C12H23N. The van der Waals surface area contributed by atoms with E-state index in [2.05, 4.69) is 25.8 Å². The van der Waals surface area contributed by atoms with Gasteiger partial charge in [0.2, 0.25) is 0 Å². The standard InChI is InChI=1S/C12H23N/c1-4-11-6-9-13(3)10(2)12(11)7-5-8-12/h10-11H,4-9H2,1-3H3. The van der Waals surface area contributed by atoms with Crippen molar-refractivity contribution in [2.24, 2.45) is 11.3 Å². The maximum Gasteiger partial charge on any atom is 0.0123 e. The monoisotopic (exact) mass is 181 g/mol. The van der Waals surface area contributed by atoms with Gasteiger partial charge in [0.1, 0.15) is 0 Å². The molecular weight excluding hydrogens is 158 g/mol. The number of likely N-dealkylation sites (tertiary alicyclic amines) is 1. The highest BCUT2D eigenvalue weighted by Crippen LogP contribution is 2.55. The summed E-state index contributed by atoms with van der Waals surface area (Å²) in [6.07, 6.45) is 7.32. The van der Waals surface area contributed by atoms with E-state index in [9.17, 15) is 0 Å². The molecule has 0 amide bonds. The zero-order valence-electron chi connectivity index (χ0n) is 9.34. The van der Waals surface area contributed by atoms with E-state index in [-0.39, 0.29) is 0 Å². The molecule has 2 atom stereocenters.